The number of ether oxygens (including phenoxy) is 2. The molecule has 5 heteroatoms. The lowest BCUT2D eigenvalue weighted by molar-refractivity contribution is -0.111. The maximum atomic E-state index is 12.4. The number of carbonyl (C=O) groups is 1. The molecule has 130 valence electrons. The van der Waals surface area contributed by atoms with Gasteiger partial charge in [-0.05, 0) is 29.8 Å². The van der Waals surface area contributed by atoms with Crippen molar-refractivity contribution in [2.45, 2.75) is 6.61 Å². The molecule has 0 unspecified atom stereocenters. The fraction of sp³-hybridized carbons (Fsp3) is 0.143. The molecule has 0 atom stereocenters. The second-order valence-corrected chi connectivity index (χ2v) is 5.92. The van der Waals surface area contributed by atoms with Crippen molar-refractivity contribution in [1.29, 1.82) is 0 Å². The van der Waals surface area contributed by atoms with Gasteiger partial charge in [0.1, 0.15) is 12.4 Å². The first kappa shape index (κ1) is 16.3. The zero-order chi connectivity index (χ0) is 17.8. The number of para-hydroxylation sites is 1. The summed E-state index contributed by atoms with van der Waals surface area (Å²) in [5, 5.41) is 3.83. The first-order chi connectivity index (χ1) is 12.8. The zero-order valence-corrected chi connectivity index (χ0v) is 14.1. The highest BCUT2D eigenvalue weighted by Crippen LogP contribution is 2.26. The van der Waals surface area contributed by atoms with Crippen LogP contribution in [0.1, 0.15) is 11.1 Å². The molecular weight excluding hydrogens is 328 g/mol. The lowest BCUT2D eigenvalue weighted by Gasteiger charge is -2.09. The van der Waals surface area contributed by atoms with E-state index in [0.717, 1.165) is 33.5 Å². The number of pyridine rings is 1. The number of carbonyl (C=O) groups excluding carboxylic acids is 1. The molecule has 1 aromatic heterocycles. The quantitative estimate of drug-likeness (QED) is 0.733. The van der Waals surface area contributed by atoms with Gasteiger partial charge in [-0.3, -0.25) is 9.78 Å². The van der Waals surface area contributed by atoms with E-state index >= 15 is 0 Å². The summed E-state index contributed by atoms with van der Waals surface area (Å²) in [5.41, 5.74) is 3.46. The molecule has 0 spiro atoms. The van der Waals surface area contributed by atoms with Crippen LogP contribution < -0.4 is 10.1 Å². The van der Waals surface area contributed by atoms with E-state index in [4.69, 9.17) is 9.47 Å². The third kappa shape index (κ3) is 3.43. The summed E-state index contributed by atoms with van der Waals surface area (Å²) < 4.78 is 11.2. The smallest absolute Gasteiger partial charge is 0.248 e. The first-order valence-corrected chi connectivity index (χ1v) is 8.46. The van der Waals surface area contributed by atoms with E-state index in [2.05, 4.69) is 10.3 Å². The van der Waals surface area contributed by atoms with Gasteiger partial charge in [-0.25, -0.2) is 0 Å². The summed E-state index contributed by atoms with van der Waals surface area (Å²) >= 11 is 0. The Bertz CT molecular complexity index is 977. The Hall–Kier alpha value is -3.18. The van der Waals surface area contributed by atoms with Crippen molar-refractivity contribution in [3.63, 3.8) is 0 Å². The maximum absolute atomic E-state index is 12.4. The molecule has 26 heavy (non-hydrogen) atoms. The molecule has 0 saturated heterocycles. The van der Waals surface area contributed by atoms with Gasteiger partial charge >= 0.3 is 0 Å². The molecule has 0 bridgehead atoms. The van der Waals surface area contributed by atoms with E-state index in [-0.39, 0.29) is 5.91 Å². The molecule has 2 aromatic carbocycles. The number of rotatable bonds is 3. The van der Waals surface area contributed by atoms with Crippen molar-refractivity contribution in [3.05, 3.63) is 71.9 Å². The third-order valence-electron chi connectivity index (χ3n) is 4.22. The monoisotopic (exact) mass is 346 g/mol. The summed E-state index contributed by atoms with van der Waals surface area (Å²) in [5.74, 6) is 0.611. The summed E-state index contributed by atoms with van der Waals surface area (Å²) in [6.45, 7) is 1.58. The lowest BCUT2D eigenvalue weighted by Crippen LogP contribution is -2.08. The Kier molecular flexibility index (Phi) is 4.62. The van der Waals surface area contributed by atoms with E-state index in [1.807, 2.05) is 42.5 Å². The second kappa shape index (κ2) is 7.37. The molecule has 3 aromatic rings. The average molecular weight is 346 g/mol. The fourth-order valence-electron chi connectivity index (χ4n) is 2.96. The van der Waals surface area contributed by atoms with Crippen LogP contribution in [0.25, 0.3) is 17.0 Å². The van der Waals surface area contributed by atoms with Crippen molar-refractivity contribution < 1.29 is 14.3 Å². The molecule has 0 fully saturated rings. The van der Waals surface area contributed by atoms with E-state index < -0.39 is 0 Å². The zero-order valence-electron chi connectivity index (χ0n) is 14.1. The Balaban J connectivity index is 1.55. The molecule has 0 saturated carbocycles. The minimum atomic E-state index is -0.200. The van der Waals surface area contributed by atoms with Crippen LogP contribution in [0.2, 0.25) is 0 Å². The fourth-order valence-corrected chi connectivity index (χ4v) is 2.96. The van der Waals surface area contributed by atoms with Crippen LogP contribution >= 0.6 is 0 Å². The van der Waals surface area contributed by atoms with E-state index in [9.17, 15) is 4.79 Å². The van der Waals surface area contributed by atoms with Gasteiger partial charge in [0.15, 0.2) is 0 Å². The SMILES string of the molecule is O=C(/C=C/c1cccc2c1COCCO2)Nc1ccnc2ccccc12. The molecule has 0 aliphatic carbocycles. The van der Waals surface area contributed by atoms with Crippen LogP contribution in [0, 0.1) is 0 Å². The summed E-state index contributed by atoms with van der Waals surface area (Å²) in [6.07, 6.45) is 5.00. The number of aromatic nitrogens is 1. The molecule has 5 nitrogen and oxygen atoms in total. The van der Waals surface area contributed by atoms with Gasteiger partial charge in [-0.1, -0.05) is 30.3 Å². The van der Waals surface area contributed by atoms with Crippen LogP contribution in [-0.2, 0) is 16.1 Å². The van der Waals surface area contributed by atoms with Gasteiger partial charge in [0.25, 0.3) is 0 Å². The standard InChI is InChI=1S/C21H18N2O3/c24-21(23-19-10-11-22-18-6-2-1-5-16(18)19)9-8-15-4-3-7-20-17(15)14-25-12-13-26-20/h1-11H,12-14H2,(H,22,23,24)/b9-8+. The second-order valence-electron chi connectivity index (χ2n) is 5.92. The third-order valence-corrected chi connectivity index (χ3v) is 4.22. The molecule has 2 heterocycles. The van der Waals surface area contributed by atoms with Crippen molar-refractivity contribution >= 4 is 28.6 Å². The van der Waals surface area contributed by atoms with E-state index in [1.165, 1.54) is 6.08 Å². The van der Waals surface area contributed by atoms with Crippen molar-refractivity contribution in [1.82, 2.24) is 4.98 Å². The minimum absolute atomic E-state index is 0.200. The minimum Gasteiger partial charge on any atom is -0.491 e. The van der Waals surface area contributed by atoms with Gasteiger partial charge < -0.3 is 14.8 Å². The molecule has 1 aliphatic rings. The number of hydrogen-bond acceptors (Lipinski definition) is 4. The van der Waals surface area contributed by atoms with Gasteiger partial charge in [0, 0.05) is 23.2 Å². The highest BCUT2D eigenvalue weighted by atomic mass is 16.5. The molecule has 1 amide bonds. The lowest BCUT2D eigenvalue weighted by atomic mass is 10.1. The largest absolute Gasteiger partial charge is 0.491 e. The highest BCUT2D eigenvalue weighted by Gasteiger charge is 2.12. The van der Waals surface area contributed by atoms with E-state index in [1.54, 1.807) is 18.3 Å². The van der Waals surface area contributed by atoms with Crippen LogP contribution in [0.5, 0.6) is 5.75 Å². The van der Waals surface area contributed by atoms with Crippen molar-refractivity contribution in [2.24, 2.45) is 0 Å². The van der Waals surface area contributed by atoms with Crippen LogP contribution in [0.4, 0.5) is 5.69 Å². The molecule has 1 aliphatic heterocycles. The van der Waals surface area contributed by atoms with Crippen LogP contribution in [-0.4, -0.2) is 24.1 Å². The molecule has 0 radical (unpaired) electrons. The summed E-state index contributed by atoms with van der Waals surface area (Å²) in [6, 6.07) is 15.3. The van der Waals surface area contributed by atoms with Gasteiger partial charge in [0.2, 0.25) is 5.91 Å². The highest BCUT2D eigenvalue weighted by molar-refractivity contribution is 6.06. The summed E-state index contributed by atoms with van der Waals surface area (Å²) in [7, 11) is 0. The number of nitrogens with one attached hydrogen (secondary N) is 1. The number of fused-ring (bicyclic) bond motifs is 2. The topological polar surface area (TPSA) is 60.5 Å². The van der Waals surface area contributed by atoms with E-state index in [0.29, 0.717) is 19.8 Å². The van der Waals surface area contributed by atoms with Crippen LogP contribution in [0.3, 0.4) is 0 Å². The van der Waals surface area contributed by atoms with Gasteiger partial charge in [-0.2, -0.15) is 0 Å². The molecular formula is C21H18N2O3. The molecule has 1 N–H and O–H groups in total. The van der Waals surface area contributed by atoms with Gasteiger partial charge in [0.05, 0.1) is 24.4 Å². The molecule has 4 rings (SSSR count). The normalized spacial score (nSPS) is 13.8. The first-order valence-electron chi connectivity index (χ1n) is 8.46. The number of nitrogens with zero attached hydrogens (tertiary/aromatic N) is 1. The predicted octanol–water partition coefficient (Wildman–Crippen LogP) is 3.80. The number of amides is 1. The predicted molar refractivity (Wildman–Crippen MR) is 101 cm³/mol. The number of benzene rings is 2. The average Bonchev–Trinajstić information content (AvgIpc) is 2.92. The Labute approximate surface area is 151 Å². The Morgan fingerprint density at radius 3 is 2.96 bits per heavy atom. The number of anilines is 1. The van der Waals surface area contributed by atoms with Gasteiger partial charge in [-0.15, -0.1) is 0 Å². The van der Waals surface area contributed by atoms with Crippen molar-refractivity contribution in [3.8, 4) is 5.75 Å². The summed E-state index contributed by atoms with van der Waals surface area (Å²) in [4.78, 5) is 16.7. The Morgan fingerprint density at radius 1 is 1.08 bits per heavy atom. The van der Waals surface area contributed by atoms with Crippen molar-refractivity contribution in [2.75, 3.05) is 18.5 Å². The Morgan fingerprint density at radius 2 is 2.00 bits per heavy atom. The van der Waals surface area contributed by atoms with Crippen LogP contribution in [0.15, 0.2) is 60.8 Å². The number of hydrogen-bond donors (Lipinski definition) is 1. The maximum Gasteiger partial charge on any atom is 0.248 e.